The quantitative estimate of drug-likeness (QED) is 0.0169. The molecule has 3 aromatic heterocycles. The second kappa shape index (κ2) is 49.7. The Bertz CT molecular complexity index is 5570. The monoisotopic (exact) mass is 1890 g/mol. The number of nitrogens with zero attached hydrogens (tertiary/aromatic N) is 1. The Morgan fingerprint density at radius 3 is 1.43 bits per heavy atom. The number of nitrogens with one attached hydrogen (secondary N) is 19. The van der Waals surface area contributed by atoms with Gasteiger partial charge in [0.25, 0.3) is 0 Å². The van der Waals surface area contributed by atoms with Crippen molar-refractivity contribution < 1.29 is 121 Å². The maximum absolute atomic E-state index is 15.0. The highest BCUT2D eigenvalue weighted by molar-refractivity contribution is 6.03. The minimum atomic E-state index is -2.14. The number of phenolic OH excluding ortho intramolecular Hbond substituents is 2. The molecule has 49 heteroatoms. The molecule has 0 saturated carbocycles. The van der Waals surface area contributed by atoms with Gasteiger partial charge in [-0.15, -0.1) is 0 Å². The third-order valence-corrected chi connectivity index (χ3v) is 21.8. The number of aromatic hydroxyl groups is 2. The summed E-state index contributed by atoms with van der Waals surface area (Å²) in [6.07, 6.45) is -1.33. The van der Waals surface area contributed by atoms with E-state index in [0.29, 0.717) is 38.6 Å². The van der Waals surface area contributed by atoms with Gasteiger partial charge >= 0.3 is 11.9 Å². The van der Waals surface area contributed by atoms with E-state index in [1.807, 2.05) is 0 Å². The van der Waals surface area contributed by atoms with E-state index in [9.17, 15) is 116 Å². The predicted octanol–water partition coefficient (Wildman–Crippen LogP) is -7.27. The number of hydrogen-bond donors (Lipinski definition) is 27. The van der Waals surface area contributed by atoms with E-state index in [2.05, 4.69) is 105 Å². The van der Waals surface area contributed by atoms with Gasteiger partial charge in [-0.1, -0.05) is 80.9 Å². The van der Waals surface area contributed by atoms with Crippen LogP contribution in [-0.4, -0.2) is 268 Å². The number of aromatic nitrogens is 4. The lowest BCUT2D eigenvalue weighted by atomic mass is 9.96. The molecule has 49 nitrogen and oxygen atoms in total. The van der Waals surface area contributed by atoms with E-state index >= 15 is 4.79 Å². The lowest BCUT2D eigenvalue weighted by Crippen LogP contribution is -2.62. The lowest BCUT2D eigenvalue weighted by molar-refractivity contribution is -0.141. The first-order chi connectivity index (χ1) is 64.4. The Hall–Kier alpha value is -16.4. The molecule has 31 N–H and O–H groups in total. The van der Waals surface area contributed by atoms with Crippen LogP contribution in [0.2, 0.25) is 0 Å². The van der Waals surface area contributed by atoms with Gasteiger partial charge in [0, 0.05) is 85.5 Å². The van der Waals surface area contributed by atoms with E-state index in [4.69, 9.17) is 22.9 Å². The molecule has 0 aliphatic carbocycles. The van der Waals surface area contributed by atoms with Crippen molar-refractivity contribution >= 4 is 146 Å². The third kappa shape index (κ3) is 32.0. The Morgan fingerprint density at radius 1 is 0.463 bits per heavy atom. The zero-order chi connectivity index (χ0) is 99.9. The molecular formula is C87H110N24O25. The Morgan fingerprint density at radius 2 is 0.912 bits per heavy atom. The number of carboxylic acids is 2. The summed E-state index contributed by atoms with van der Waals surface area (Å²) in [7, 11) is 0. The van der Waals surface area contributed by atoms with Gasteiger partial charge in [0.1, 0.15) is 96.1 Å². The van der Waals surface area contributed by atoms with Crippen molar-refractivity contribution in [3.05, 3.63) is 150 Å². The van der Waals surface area contributed by atoms with Crippen LogP contribution in [0.4, 0.5) is 0 Å². The second-order valence-electron chi connectivity index (χ2n) is 32.5. The maximum atomic E-state index is 15.0. The summed E-state index contributed by atoms with van der Waals surface area (Å²) >= 11 is 0. The number of carbonyl (C=O) groups excluding carboxylic acids is 19. The van der Waals surface area contributed by atoms with Crippen LogP contribution in [0.25, 0.3) is 21.8 Å². The van der Waals surface area contributed by atoms with Gasteiger partial charge in [0.05, 0.1) is 50.3 Å². The van der Waals surface area contributed by atoms with Crippen molar-refractivity contribution in [1.82, 2.24) is 105 Å². The summed E-state index contributed by atoms with van der Waals surface area (Å²) in [5.74, 6) is -25.8. The molecule has 1 aliphatic heterocycles. The molecule has 1 fully saturated rings. The highest BCUT2D eigenvalue weighted by Gasteiger charge is 2.40. The molecule has 8 rings (SSSR count). The third-order valence-electron chi connectivity index (χ3n) is 21.8. The molecule has 728 valence electrons. The molecule has 0 spiro atoms. The number of hydrogen-bond acceptors (Lipinski definition) is 25. The number of imidazole rings is 1. The molecular weight excluding hydrogens is 1780 g/mol. The number of phenols is 2. The standard InChI is InChI=1S/C87H110N24O25/c1-6-40(2)72(111-85(134)63(32-67(90)115)107-82(131)61(28-47-35-94-55-14-10-8-12-52(47)55)106-84(133)64(33-71(120)121)108-86(135)65-37-95-77(126)53(88)30-68(116)98-41(3)74(123)99-42(4)76(125)110-65)87(136)109-58(25-44-15-19-49(112)20-16-44)80(129)100-43(5)75(124)104-59(26-45-17-21-50(113)22-18-45)81(130)102-56(23-24-70(118)119)79(128)105-60(27-46-34-93-54-13-9-7-11-51(46)54)78(127)96-38-69(117)101-62(31-66(89)114)83(132)103-57(73(91)122)29-48-36-92-39-97-48/h7-22,34-36,39-43,53,56-65,72,93-94,112-113H,6,23-33,37-38,88H2,1-5H3,(H2,89,114)(H2,90,115)(H2,91,122)(H,92,97)(H,95,126)(H,96,127)(H,98,116)(H,99,123)(H,100,129)(H,101,117)(H,102,130)(H,103,132)(H,104,124)(H,105,128)(H,106,133)(H,107,131)(H,108,135)(H,109,136)(H,110,125)(H,111,134)(H,118,119)(H,120,121)/t40-,41-,42-,43-,53-,56-,57-,58-,59-,60-,61-,62-,63-,64-,65-,72-/m0/s1. The van der Waals surface area contributed by atoms with Gasteiger partial charge in [-0.3, -0.25) is 101 Å². The number of H-pyrrole nitrogens is 3. The number of nitrogens with two attached hydrogens (primary N) is 4. The summed E-state index contributed by atoms with van der Waals surface area (Å²) < 4.78 is 0. The van der Waals surface area contributed by atoms with Crippen LogP contribution in [0.1, 0.15) is 108 Å². The normalized spacial score (nSPS) is 17.2. The average Bonchev–Trinajstić information content (AvgIpc) is 1.60. The minimum Gasteiger partial charge on any atom is -0.508 e. The van der Waals surface area contributed by atoms with Crippen molar-refractivity contribution in [2.75, 3.05) is 13.1 Å². The number of amides is 19. The lowest BCUT2D eigenvalue weighted by Gasteiger charge is -2.29. The van der Waals surface area contributed by atoms with Crippen molar-refractivity contribution in [1.29, 1.82) is 0 Å². The fourth-order valence-corrected chi connectivity index (χ4v) is 14.2. The number of carboxylic acid groups (broad SMARTS) is 2. The molecule has 16 atom stereocenters. The number of fused-ring (bicyclic) bond motifs is 2. The van der Waals surface area contributed by atoms with Crippen LogP contribution in [0.15, 0.2) is 122 Å². The van der Waals surface area contributed by atoms with Crippen LogP contribution in [0.3, 0.4) is 0 Å². The van der Waals surface area contributed by atoms with E-state index in [-0.39, 0.29) is 41.9 Å². The number of primary amides is 3. The Labute approximate surface area is 774 Å². The first-order valence-corrected chi connectivity index (χ1v) is 42.9. The predicted molar refractivity (Wildman–Crippen MR) is 478 cm³/mol. The van der Waals surface area contributed by atoms with E-state index in [1.54, 1.807) is 55.5 Å². The fraction of sp³-hybridized carbons (Fsp3) is 0.402. The molecule has 19 amide bonds. The molecule has 136 heavy (non-hydrogen) atoms. The molecule has 0 bridgehead atoms. The number of para-hydroxylation sites is 2. The van der Waals surface area contributed by atoms with Crippen molar-refractivity contribution in [2.45, 2.75) is 202 Å². The molecule has 4 aromatic carbocycles. The second-order valence-corrected chi connectivity index (χ2v) is 32.5. The first kappa shape index (κ1) is 105. The average molecular weight is 1890 g/mol. The Kier molecular flexibility index (Phi) is 38.4. The van der Waals surface area contributed by atoms with E-state index in [0.717, 1.165) is 6.92 Å². The number of aliphatic carboxylic acids is 2. The van der Waals surface area contributed by atoms with Crippen LogP contribution in [0, 0.1) is 5.92 Å². The molecule has 1 aliphatic rings. The van der Waals surface area contributed by atoms with Gasteiger partial charge in [-0.25, -0.2) is 4.98 Å². The molecule has 4 heterocycles. The summed E-state index contributed by atoms with van der Waals surface area (Å²) in [4.78, 5) is 302. The molecule has 0 radical (unpaired) electrons. The summed E-state index contributed by atoms with van der Waals surface area (Å²) in [6, 6.07) is -1.91. The van der Waals surface area contributed by atoms with Gasteiger partial charge in [-0.2, -0.15) is 0 Å². The maximum Gasteiger partial charge on any atom is 0.305 e. The zero-order valence-electron chi connectivity index (χ0n) is 74.3. The molecule has 1 saturated heterocycles. The highest BCUT2D eigenvalue weighted by atomic mass is 16.4. The fourth-order valence-electron chi connectivity index (χ4n) is 14.2. The van der Waals surface area contributed by atoms with Crippen molar-refractivity contribution in [3.8, 4) is 11.5 Å². The smallest absolute Gasteiger partial charge is 0.305 e. The summed E-state index contributed by atoms with van der Waals surface area (Å²) in [5, 5.41) is 80.0. The first-order valence-electron chi connectivity index (χ1n) is 42.9. The van der Waals surface area contributed by atoms with Crippen molar-refractivity contribution in [2.24, 2.45) is 28.9 Å². The number of aromatic amines is 3. The van der Waals surface area contributed by atoms with Gasteiger partial charge in [0.15, 0.2) is 0 Å². The molecule has 7 aromatic rings. The van der Waals surface area contributed by atoms with Gasteiger partial charge in [0.2, 0.25) is 112 Å². The van der Waals surface area contributed by atoms with E-state index in [1.165, 1.54) is 94.2 Å². The topological polar surface area (TPSA) is 796 Å². The van der Waals surface area contributed by atoms with Gasteiger partial charge < -0.3 is 143 Å². The van der Waals surface area contributed by atoms with Gasteiger partial charge in [-0.05, 0) is 91.8 Å². The van der Waals surface area contributed by atoms with Crippen molar-refractivity contribution in [3.63, 3.8) is 0 Å². The summed E-state index contributed by atoms with van der Waals surface area (Å²) in [6.45, 7) is 5.00. The Balaban J connectivity index is 1.01. The number of carbonyl (C=O) groups is 21. The van der Waals surface area contributed by atoms with Crippen LogP contribution >= 0.6 is 0 Å². The largest absolute Gasteiger partial charge is 0.508 e. The van der Waals surface area contributed by atoms with Crippen LogP contribution < -0.4 is 108 Å². The SMILES string of the molecule is CC[C@H](C)[C@H](NC(=O)[C@H](CC(N)=O)NC(=O)[C@H](Cc1c[nH]c2ccccc12)NC(=O)[C@H](CC(=O)O)NC(=O)[C@@H]1CNC(=O)[C@@H](N)CC(=O)N[C@@H](C)C(=O)N[C@@H](C)C(=O)N1)C(=O)N[C@@H](Cc1ccc(O)cc1)C(=O)N[C@@H](C)C(=O)N[C@@H](Cc1ccc(O)cc1)C(=O)N[C@@H](CCC(=O)O)C(=O)N[C@@H](Cc1c[nH]c2ccccc12)C(=O)NCC(=O)N[C@@H](CC(N)=O)C(=O)N[C@@H](Cc1c[nH]cn1)C(N)=O. The number of benzene rings is 4. The van der Waals surface area contributed by atoms with Crippen LogP contribution in [0.5, 0.6) is 11.5 Å². The summed E-state index contributed by atoms with van der Waals surface area (Å²) in [5.41, 5.74) is 25.3. The number of rotatable bonds is 46. The highest BCUT2D eigenvalue weighted by Crippen LogP contribution is 2.23. The minimum absolute atomic E-state index is 0.0821. The van der Waals surface area contributed by atoms with E-state index < -0.39 is 292 Å². The zero-order valence-corrected chi connectivity index (χ0v) is 74.3. The molecule has 0 unspecified atom stereocenters. The van der Waals surface area contributed by atoms with Crippen LogP contribution in [-0.2, 0) is 133 Å².